The molecule has 0 saturated heterocycles. The van der Waals surface area contributed by atoms with Crippen LogP contribution in [-0.2, 0) is 6.42 Å². The molecule has 1 aromatic rings. The van der Waals surface area contributed by atoms with Crippen molar-refractivity contribution in [2.24, 2.45) is 17.1 Å². The molecule has 4 nitrogen and oxygen atoms in total. The molecular weight excluding hydrogens is 238 g/mol. The van der Waals surface area contributed by atoms with Crippen molar-refractivity contribution in [1.82, 2.24) is 10.1 Å². The smallest absolute Gasteiger partial charge is 0.228 e. The molecule has 0 amide bonds. The highest BCUT2D eigenvalue weighted by atomic mass is 16.5. The zero-order valence-corrected chi connectivity index (χ0v) is 12.6. The average Bonchev–Trinajstić information content (AvgIpc) is 2.77. The second-order valence-electron chi connectivity index (χ2n) is 7.18. The van der Waals surface area contributed by atoms with E-state index in [4.69, 9.17) is 10.3 Å². The van der Waals surface area contributed by atoms with E-state index in [1.165, 1.54) is 25.7 Å². The number of rotatable bonds is 3. The zero-order valence-electron chi connectivity index (χ0n) is 12.6. The van der Waals surface area contributed by atoms with Gasteiger partial charge in [-0.3, -0.25) is 0 Å². The Kier molecular flexibility index (Phi) is 4.29. The molecule has 2 rings (SSSR count). The van der Waals surface area contributed by atoms with Gasteiger partial charge < -0.3 is 10.3 Å². The third kappa shape index (κ3) is 3.78. The van der Waals surface area contributed by atoms with E-state index in [9.17, 15) is 0 Å². The predicted octanol–water partition coefficient (Wildman–Crippen LogP) is 3.28. The first-order chi connectivity index (χ1) is 8.86. The molecule has 1 aliphatic carbocycles. The van der Waals surface area contributed by atoms with E-state index < -0.39 is 0 Å². The average molecular weight is 265 g/mol. The maximum absolute atomic E-state index is 6.16. The minimum absolute atomic E-state index is 0.0483. The lowest BCUT2D eigenvalue weighted by molar-refractivity contribution is 0.283. The third-order valence-electron chi connectivity index (χ3n) is 4.37. The Hall–Kier alpha value is -0.900. The summed E-state index contributed by atoms with van der Waals surface area (Å²) in [5.41, 5.74) is 6.23. The topological polar surface area (TPSA) is 64.9 Å². The highest BCUT2D eigenvalue weighted by Gasteiger charge is 2.26. The summed E-state index contributed by atoms with van der Waals surface area (Å²) in [4.78, 5) is 4.55. The lowest BCUT2D eigenvalue weighted by Crippen LogP contribution is -2.37. The third-order valence-corrected chi connectivity index (χ3v) is 4.37. The normalized spacial score (nSPS) is 26.4. The van der Waals surface area contributed by atoms with E-state index in [1.807, 2.05) is 0 Å². The maximum atomic E-state index is 6.16. The molecule has 1 aromatic heterocycles. The number of hydrogen-bond acceptors (Lipinski definition) is 4. The lowest BCUT2D eigenvalue weighted by atomic mass is 9.82. The largest absolute Gasteiger partial charge is 0.339 e. The van der Waals surface area contributed by atoms with Crippen LogP contribution < -0.4 is 5.73 Å². The van der Waals surface area contributed by atoms with Crippen LogP contribution in [0.15, 0.2) is 4.52 Å². The number of nitrogens with zero attached hydrogens (tertiary/aromatic N) is 2. The molecule has 19 heavy (non-hydrogen) atoms. The Balaban J connectivity index is 1.95. The van der Waals surface area contributed by atoms with Gasteiger partial charge in [0.15, 0.2) is 5.82 Å². The van der Waals surface area contributed by atoms with Gasteiger partial charge in [-0.1, -0.05) is 45.7 Å². The summed E-state index contributed by atoms with van der Waals surface area (Å²) in [5.74, 6) is 2.91. The van der Waals surface area contributed by atoms with Gasteiger partial charge in [0, 0.05) is 18.4 Å². The van der Waals surface area contributed by atoms with Crippen LogP contribution in [0, 0.1) is 11.3 Å². The summed E-state index contributed by atoms with van der Waals surface area (Å²) in [6.45, 7) is 8.73. The van der Waals surface area contributed by atoms with E-state index in [-0.39, 0.29) is 11.5 Å². The Labute approximate surface area is 116 Å². The summed E-state index contributed by atoms with van der Waals surface area (Å²) >= 11 is 0. The van der Waals surface area contributed by atoms with Crippen molar-refractivity contribution in [3.8, 4) is 0 Å². The second kappa shape index (κ2) is 5.61. The predicted molar refractivity (Wildman–Crippen MR) is 75.8 cm³/mol. The van der Waals surface area contributed by atoms with Gasteiger partial charge in [-0.2, -0.15) is 4.98 Å². The Morgan fingerprint density at radius 1 is 1.26 bits per heavy atom. The van der Waals surface area contributed by atoms with Gasteiger partial charge in [0.25, 0.3) is 0 Å². The molecule has 0 bridgehead atoms. The quantitative estimate of drug-likeness (QED) is 0.911. The molecule has 108 valence electrons. The van der Waals surface area contributed by atoms with Crippen LogP contribution >= 0.6 is 0 Å². The van der Waals surface area contributed by atoms with Gasteiger partial charge in [0.1, 0.15) is 0 Å². The van der Waals surface area contributed by atoms with Crippen molar-refractivity contribution < 1.29 is 4.52 Å². The van der Waals surface area contributed by atoms with E-state index >= 15 is 0 Å². The van der Waals surface area contributed by atoms with E-state index in [2.05, 4.69) is 37.8 Å². The fourth-order valence-electron chi connectivity index (χ4n) is 2.53. The molecule has 1 fully saturated rings. The number of hydrogen-bond donors (Lipinski definition) is 1. The van der Waals surface area contributed by atoms with Crippen LogP contribution in [-0.4, -0.2) is 16.2 Å². The van der Waals surface area contributed by atoms with E-state index in [1.54, 1.807) is 0 Å². The van der Waals surface area contributed by atoms with Crippen LogP contribution in [0.3, 0.4) is 0 Å². The summed E-state index contributed by atoms with van der Waals surface area (Å²) in [7, 11) is 0. The Morgan fingerprint density at radius 3 is 2.47 bits per heavy atom. The van der Waals surface area contributed by atoms with Gasteiger partial charge in [0.2, 0.25) is 5.89 Å². The Morgan fingerprint density at radius 2 is 1.89 bits per heavy atom. The first kappa shape index (κ1) is 14.5. The summed E-state index contributed by atoms with van der Waals surface area (Å²) in [6.07, 6.45) is 5.59. The fourth-order valence-corrected chi connectivity index (χ4v) is 2.53. The molecule has 1 aliphatic rings. The van der Waals surface area contributed by atoms with Crippen LogP contribution in [0.1, 0.15) is 71.0 Å². The maximum Gasteiger partial charge on any atom is 0.228 e. The van der Waals surface area contributed by atoms with Crippen molar-refractivity contribution in [3.05, 3.63) is 11.7 Å². The first-order valence-electron chi connectivity index (χ1n) is 7.44. The first-order valence-corrected chi connectivity index (χ1v) is 7.44. The molecule has 1 heterocycles. The van der Waals surface area contributed by atoms with Crippen molar-refractivity contribution in [2.45, 2.75) is 71.8 Å². The van der Waals surface area contributed by atoms with Crippen LogP contribution in [0.2, 0.25) is 0 Å². The number of aromatic nitrogens is 2. The van der Waals surface area contributed by atoms with Crippen molar-refractivity contribution in [2.75, 3.05) is 0 Å². The standard InChI is InChI=1S/C15H27N3O/c1-10-5-7-11(8-6-10)14-17-13(19-18-14)9-12(16)15(2,3)4/h10-12H,5-9,16H2,1-4H3. The summed E-state index contributed by atoms with van der Waals surface area (Å²) < 4.78 is 5.37. The van der Waals surface area contributed by atoms with Gasteiger partial charge >= 0.3 is 0 Å². The molecule has 1 saturated carbocycles. The molecule has 0 spiro atoms. The van der Waals surface area contributed by atoms with Crippen molar-refractivity contribution in [3.63, 3.8) is 0 Å². The molecule has 0 aromatic carbocycles. The molecule has 0 radical (unpaired) electrons. The molecule has 4 heteroatoms. The monoisotopic (exact) mass is 265 g/mol. The van der Waals surface area contributed by atoms with Crippen LogP contribution in [0.25, 0.3) is 0 Å². The highest BCUT2D eigenvalue weighted by molar-refractivity contribution is 4.99. The van der Waals surface area contributed by atoms with Crippen molar-refractivity contribution >= 4 is 0 Å². The van der Waals surface area contributed by atoms with Crippen LogP contribution in [0.4, 0.5) is 0 Å². The zero-order chi connectivity index (χ0) is 14.0. The van der Waals surface area contributed by atoms with E-state index in [0.29, 0.717) is 18.2 Å². The SMILES string of the molecule is CC1CCC(c2noc(CC(N)C(C)(C)C)n2)CC1. The number of nitrogens with two attached hydrogens (primary N) is 1. The minimum atomic E-state index is 0.0483. The molecule has 2 N–H and O–H groups in total. The van der Waals surface area contributed by atoms with Crippen molar-refractivity contribution in [1.29, 1.82) is 0 Å². The highest BCUT2D eigenvalue weighted by Crippen LogP contribution is 2.34. The molecular formula is C15H27N3O. The summed E-state index contributed by atoms with van der Waals surface area (Å²) in [5, 5.41) is 4.16. The van der Waals surface area contributed by atoms with Gasteiger partial charge in [-0.05, 0) is 24.2 Å². The molecule has 1 atom stereocenters. The lowest BCUT2D eigenvalue weighted by Gasteiger charge is -2.25. The van der Waals surface area contributed by atoms with E-state index in [0.717, 1.165) is 11.7 Å². The summed E-state index contributed by atoms with van der Waals surface area (Å²) in [6, 6.07) is 0.0483. The molecule has 0 aliphatic heterocycles. The van der Waals surface area contributed by atoms with Gasteiger partial charge in [-0.15, -0.1) is 0 Å². The Bertz CT molecular complexity index is 400. The second-order valence-corrected chi connectivity index (χ2v) is 7.18. The minimum Gasteiger partial charge on any atom is -0.339 e. The van der Waals surface area contributed by atoms with Gasteiger partial charge in [-0.25, -0.2) is 0 Å². The fraction of sp³-hybridized carbons (Fsp3) is 0.867. The van der Waals surface area contributed by atoms with Crippen LogP contribution in [0.5, 0.6) is 0 Å². The van der Waals surface area contributed by atoms with Gasteiger partial charge in [0.05, 0.1) is 0 Å². The molecule has 1 unspecified atom stereocenters.